The third kappa shape index (κ3) is 3.64. The molecule has 2 nitrogen and oxygen atoms in total. The van der Waals surface area contributed by atoms with E-state index in [9.17, 15) is 0 Å². The van der Waals surface area contributed by atoms with Gasteiger partial charge >= 0.3 is 0 Å². The number of rotatable bonds is 6. The lowest BCUT2D eigenvalue weighted by Crippen LogP contribution is -2.12. The highest BCUT2D eigenvalue weighted by Crippen LogP contribution is 2.24. The highest BCUT2D eigenvalue weighted by molar-refractivity contribution is 7.98. The molecule has 0 saturated heterocycles. The first kappa shape index (κ1) is 14.7. The van der Waals surface area contributed by atoms with Crippen LogP contribution in [-0.2, 0) is 5.75 Å². The molecule has 0 bridgehead atoms. The zero-order chi connectivity index (χ0) is 14.4. The minimum atomic E-state index is 0.114. The third-order valence-electron chi connectivity index (χ3n) is 3.10. The molecule has 0 aromatic heterocycles. The summed E-state index contributed by atoms with van der Waals surface area (Å²) in [7, 11) is 0. The lowest BCUT2D eigenvalue weighted by atomic mass is 9.98. The fourth-order valence-corrected chi connectivity index (χ4v) is 2.95. The van der Waals surface area contributed by atoms with E-state index in [0.717, 1.165) is 22.4 Å². The monoisotopic (exact) mass is 284 g/mol. The van der Waals surface area contributed by atoms with Crippen LogP contribution in [0.5, 0.6) is 0 Å². The molecule has 20 heavy (non-hydrogen) atoms. The first-order valence-corrected chi connectivity index (χ1v) is 7.98. The van der Waals surface area contributed by atoms with Gasteiger partial charge in [0.05, 0.1) is 0 Å². The smallest absolute Gasteiger partial charge is 0.123 e. The summed E-state index contributed by atoms with van der Waals surface area (Å²) in [5, 5.41) is 7.65. The number of hydrogen-bond donors (Lipinski definition) is 2. The number of thioether (sulfide) groups is 1. The van der Waals surface area contributed by atoms with Crippen LogP contribution in [0.3, 0.4) is 0 Å². The van der Waals surface area contributed by atoms with Crippen molar-refractivity contribution in [3.8, 4) is 11.1 Å². The van der Waals surface area contributed by atoms with E-state index in [-0.39, 0.29) is 5.84 Å². The second kappa shape index (κ2) is 7.15. The van der Waals surface area contributed by atoms with Crippen molar-refractivity contribution in [1.82, 2.24) is 0 Å². The van der Waals surface area contributed by atoms with Crippen LogP contribution in [0.25, 0.3) is 11.1 Å². The van der Waals surface area contributed by atoms with Gasteiger partial charge in [-0.15, -0.1) is 0 Å². The Morgan fingerprint density at radius 3 is 2.45 bits per heavy atom. The number of nitrogens with two attached hydrogens (primary N) is 1. The van der Waals surface area contributed by atoms with Crippen molar-refractivity contribution in [3.63, 3.8) is 0 Å². The number of nitrogens with one attached hydrogen (secondary N) is 1. The SMILES string of the molecule is CCCSCc1ccc(-c2ccccc2C(=N)N)cc1. The van der Waals surface area contributed by atoms with Crippen molar-refractivity contribution in [2.24, 2.45) is 5.73 Å². The molecule has 104 valence electrons. The summed E-state index contributed by atoms with van der Waals surface area (Å²) in [5.41, 5.74) is 9.91. The Morgan fingerprint density at radius 2 is 1.80 bits per heavy atom. The predicted molar refractivity (Wildman–Crippen MR) is 89.3 cm³/mol. The Labute approximate surface area is 124 Å². The molecule has 0 aliphatic carbocycles. The largest absolute Gasteiger partial charge is 0.384 e. The van der Waals surface area contributed by atoms with Crippen LogP contribution in [0.4, 0.5) is 0 Å². The number of amidine groups is 1. The van der Waals surface area contributed by atoms with Crippen molar-refractivity contribution in [3.05, 3.63) is 59.7 Å². The second-order valence-electron chi connectivity index (χ2n) is 4.71. The Kier molecular flexibility index (Phi) is 5.24. The first-order chi connectivity index (χ1) is 9.72. The Bertz CT molecular complexity index is 576. The van der Waals surface area contributed by atoms with Gasteiger partial charge in [-0.25, -0.2) is 0 Å². The lowest BCUT2D eigenvalue weighted by Gasteiger charge is -2.09. The van der Waals surface area contributed by atoms with Gasteiger partial charge in [-0.2, -0.15) is 11.8 Å². The van der Waals surface area contributed by atoms with Gasteiger partial charge in [0, 0.05) is 11.3 Å². The van der Waals surface area contributed by atoms with Gasteiger partial charge in [0.25, 0.3) is 0 Å². The van der Waals surface area contributed by atoms with Crippen LogP contribution in [0.15, 0.2) is 48.5 Å². The molecule has 0 aliphatic rings. The minimum Gasteiger partial charge on any atom is -0.384 e. The third-order valence-corrected chi connectivity index (χ3v) is 4.33. The van der Waals surface area contributed by atoms with Gasteiger partial charge in [-0.3, -0.25) is 5.41 Å². The molecule has 0 atom stereocenters. The van der Waals surface area contributed by atoms with Crippen molar-refractivity contribution in [2.75, 3.05) is 5.75 Å². The van der Waals surface area contributed by atoms with Gasteiger partial charge in [-0.05, 0) is 28.9 Å². The Hall–Kier alpha value is -1.74. The topological polar surface area (TPSA) is 49.9 Å². The summed E-state index contributed by atoms with van der Waals surface area (Å²) in [4.78, 5) is 0. The highest BCUT2D eigenvalue weighted by atomic mass is 32.2. The van der Waals surface area contributed by atoms with E-state index in [1.54, 1.807) is 0 Å². The van der Waals surface area contributed by atoms with E-state index in [0.29, 0.717) is 0 Å². The molecule has 2 aromatic carbocycles. The molecule has 0 radical (unpaired) electrons. The van der Waals surface area contributed by atoms with E-state index < -0.39 is 0 Å². The van der Waals surface area contributed by atoms with Crippen LogP contribution in [0.1, 0.15) is 24.5 Å². The lowest BCUT2D eigenvalue weighted by molar-refractivity contribution is 1.10. The van der Waals surface area contributed by atoms with E-state index in [1.165, 1.54) is 17.7 Å². The summed E-state index contributed by atoms with van der Waals surface area (Å²) in [6.07, 6.45) is 1.22. The normalized spacial score (nSPS) is 10.4. The fourth-order valence-electron chi connectivity index (χ4n) is 2.08. The molecule has 0 heterocycles. The summed E-state index contributed by atoms with van der Waals surface area (Å²) in [6.45, 7) is 2.20. The van der Waals surface area contributed by atoms with Crippen LogP contribution in [0.2, 0.25) is 0 Å². The predicted octanol–water partition coefficient (Wildman–Crippen LogP) is 4.28. The molecule has 0 amide bonds. The number of benzene rings is 2. The maximum Gasteiger partial charge on any atom is 0.123 e. The second-order valence-corrected chi connectivity index (χ2v) is 5.81. The highest BCUT2D eigenvalue weighted by Gasteiger charge is 2.06. The quantitative estimate of drug-likeness (QED) is 0.472. The Balaban J connectivity index is 2.20. The zero-order valence-corrected chi connectivity index (χ0v) is 12.5. The summed E-state index contributed by atoms with van der Waals surface area (Å²) in [6, 6.07) is 16.3. The van der Waals surface area contributed by atoms with E-state index in [2.05, 4.69) is 31.2 Å². The first-order valence-electron chi connectivity index (χ1n) is 6.83. The van der Waals surface area contributed by atoms with Crippen LogP contribution in [-0.4, -0.2) is 11.6 Å². The molecule has 3 N–H and O–H groups in total. The van der Waals surface area contributed by atoms with Crippen LogP contribution in [0, 0.1) is 5.41 Å². The van der Waals surface area contributed by atoms with Crippen LogP contribution < -0.4 is 5.73 Å². The number of hydrogen-bond acceptors (Lipinski definition) is 2. The summed E-state index contributed by atoms with van der Waals surface area (Å²) < 4.78 is 0. The standard InChI is InChI=1S/C17H20N2S/c1-2-11-20-12-13-7-9-14(10-8-13)15-5-3-4-6-16(15)17(18)19/h3-10H,2,11-12H2,1H3,(H3,18,19). The molecule has 0 unspecified atom stereocenters. The summed E-state index contributed by atoms with van der Waals surface area (Å²) in [5.74, 6) is 2.38. The molecular weight excluding hydrogens is 264 g/mol. The molecule has 3 heteroatoms. The zero-order valence-electron chi connectivity index (χ0n) is 11.7. The molecule has 2 aromatic rings. The molecule has 0 fully saturated rings. The maximum atomic E-state index is 7.65. The van der Waals surface area contributed by atoms with Crippen molar-refractivity contribution >= 4 is 17.6 Å². The average molecular weight is 284 g/mol. The van der Waals surface area contributed by atoms with Gasteiger partial charge in [0.1, 0.15) is 5.84 Å². The molecular formula is C17H20N2S. The summed E-state index contributed by atoms with van der Waals surface area (Å²) >= 11 is 1.96. The molecule has 2 rings (SSSR count). The minimum absolute atomic E-state index is 0.114. The van der Waals surface area contributed by atoms with Crippen molar-refractivity contribution < 1.29 is 0 Å². The average Bonchev–Trinajstić information content (AvgIpc) is 2.48. The van der Waals surface area contributed by atoms with Gasteiger partial charge in [-0.1, -0.05) is 55.5 Å². The molecule has 0 spiro atoms. The van der Waals surface area contributed by atoms with Crippen LogP contribution >= 0.6 is 11.8 Å². The molecule has 0 saturated carbocycles. The molecule has 0 aliphatic heterocycles. The maximum absolute atomic E-state index is 7.65. The van der Waals surface area contributed by atoms with Gasteiger partial charge in [0.2, 0.25) is 0 Å². The van der Waals surface area contributed by atoms with Gasteiger partial charge in [0.15, 0.2) is 0 Å². The van der Waals surface area contributed by atoms with E-state index in [1.807, 2.05) is 36.0 Å². The Morgan fingerprint density at radius 1 is 1.10 bits per heavy atom. The van der Waals surface area contributed by atoms with Crippen molar-refractivity contribution in [2.45, 2.75) is 19.1 Å². The van der Waals surface area contributed by atoms with E-state index in [4.69, 9.17) is 11.1 Å². The van der Waals surface area contributed by atoms with Gasteiger partial charge < -0.3 is 5.73 Å². The number of nitrogen functional groups attached to an aromatic ring is 1. The van der Waals surface area contributed by atoms with Crippen molar-refractivity contribution in [1.29, 1.82) is 5.41 Å². The fraction of sp³-hybridized carbons (Fsp3) is 0.235. The van der Waals surface area contributed by atoms with E-state index >= 15 is 0 Å².